The molecule has 1 unspecified atom stereocenters. The molecule has 0 saturated heterocycles. The summed E-state index contributed by atoms with van der Waals surface area (Å²) < 4.78 is 2.01. The van der Waals surface area contributed by atoms with Crippen LogP contribution in [0.15, 0.2) is 42.6 Å². The Hall–Kier alpha value is -3.02. The lowest BCUT2D eigenvalue weighted by Crippen LogP contribution is -2.07. The Kier molecular flexibility index (Phi) is 6.75. The van der Waals surface area contributed by atoms with Gasteiger partial charge in [-0.05, 0) is 30.0 Å². The number of rotatable bonds is 9. The van der Waals surface area contributed by atoms with E-state index in [4.69, 9.17) is 10.1 Å². The van der Waals surface area contributed by atoms with Gasteiger partial charge in [0.2, 0.25) is 0 Å². The number of carbonyl (C=O) groups is 1. The fourth-order valence-electron chi connectivity index (χ4n) is 3.20. The van der Waals surface area contributed by atoms with Crippen molar-refractivity contribution in [2.75, 3.05) is 0 Å². The van der Waals surface area contributed by atoms with Crippen LogP contribution in [0.1, 0.15) is 73.7 Å². The predicted molar refractivity (Wildman–Crippen MR) is 113 cm³/mol. The molecule has 0 bridgehead atoms. The highest BCUT2D eigenvalue weighted by atomic mass is 16.4. The highest BCUT2D eigenvalue weighted by molar-refractivity contribution is 5.93. The van der Waals surface area contributed by atoms with Crippen molar-refractivity contribution in [1.29, 1.82) is 0 Å². The molecule has 0 aliphatic carbocycles. The van der Waals surface area contributed by atoms with Crippen molar-refractivity contribution < 1.29 is 9.90 Å². The third-order valence-electron chi connectivity index (χ3n) is 5.18. The van der Waals surface area contributed by atoms with Gasteiger partial charge in [-0.15, -0.1) is 0 Å². The van der Waals surface area contributed by atoms with Crippen LogP contribution in [0.5, 0.6) is 0 Å². The molecule has 0 aliphatic heterocycles. The number of nitrogens with zero attached hydrogens (tertiary/aromatic N) is 4. The van der Waals surface area contributed by atoms with Gasteiger partial charge in [-0.25, -0.2) is 19.4 Å². The van der Waals surface area contributed by atoms with Crippen LogP contribution >= 0.6 is 0 Å². The number of benzene rings is 1. The SMILES string of the molecule is CCCCc1nc(C(C)CC)nn1Cc1ccc(-c2cccnc2C(=O)O)cc1. The van der Waals surface area contributed by atoms with Gasteiger partial charge in [-0.1, -0.05) is 57.5 Å². The second-order valence-electron chi connectivity index (χ2n) is 7.36. The Morgan fingerprint density at radius 1 is 1.17 bits per heavy atom. The number of aromatic carboxylic acids is 1. The second-order valence-corrected chi connectivity index (χ2v) is 7.36. The number of hydrogen-bond donors (Lipinski definition) is 1. The summed E-state index contributed by atoms with van der Waals surface area (Å²) in [6.45, 7) is 7.14. The number of carboxylic acids is 1. The Balaban J connectivity index is 1.84. The zero-order valence-corrected chi connectivity index (χ0v) is 17.3. The maximum absolute atomic E-state index is 11.4. The van der Waals surface area contributed by atoms with Gasteiger partial charge in [-0.3, -0.25) is 0 Å². The number of carboxylic acid groups (broad SMARTS) is 1. The Labute approximate surface area is 171 Å². The molecule has 29 heavy (non-hydrogen) atoms. The van der Waals surface area contributed by atoms with E-state index in [1.807, 2.05) is 28.9 Å². The van der Waals surface area contributed by atoms with E-state index in [1.165, 1.54) is 6.20 Å². The lowest BCUT2D eigenvalue weighted by atomic mass is 10.0. The summed E-state index contributed by atoms with van der Waals surface area (Å²) in [6.07, 6.45) is 5.66. The minimum atomic E-state index is -1.02. The van der Waals surface area contributed by atoms with Crippen molar-refractivity contribution in [2.45, 2.75) is 58.9 Å². The smallest absolute Gasteiger partial charge is 0.355 e. The van der Waals surface area contributed by atoms with Crippen LogP contribution in [0, 0.1) is 0 Å². The van der Waals surface area contributed by atoms with E-state index in [0.29, 0.717) is 18.0 Å². The van der Waals surface area contributed by atoms with Gasteiger partial charge < -0.3 is 5.11 Å². The third kappa shape index (κ3) is 4.88. The van der Waals surface area contributed by atoms with Crippen LogP contribution in [0.25, 0.3) is 11.1 Å². The van der Waals surface area contributed by atoms with Crippen LogP contribution in [-0.2, 0) is 13.0 Å². The van der Waals surface area contributed by atoms with Gasteiger partial charge in [0.1, 0.15) is 5.82 Å². The molecular formula is C23H28N4O2. The molecule has 1 N–H and O–H groups in total. The molecule has 3 aromatic rings. The maximum Gasteiger partial charge on any atom is 0.355 e. The fraction of sp³-hybridized carbons (Fsp3) is 0.391. The first-order chi connectivity index (χ1) is 14.0. The molecule has 0 amide bonds. The molecule has 1 atom stereocenters. The van der Waals surface area contributed by atoms with E-state index in [2.05, 4.69) is 25.8 Å². The average Bonchev–Trinajstić information content (AvgIpc) is 3.14. The number of pyridine rings is 1. The summed E-state index contributed by atoms with van der Waals surface area (Å²) in [5, 5.41) is 14.1. The lowest BCUT2D eigenvalue weighted by Gasteiger charge is -2.08. The number of aromatic nitrogens is 4. The van der Waals surface area contributed by atoms with E-state index in [-0.39, 0.29) is 5.69 Å². The van der Waals surface area contributed by atoms with Crippen LogP contribution in [0.2, 0.25) is 0 Å². The van der Waals surface area contributed by atoms with Gasteiger partial charge in [0.25, 0.3) is 0 Å². The molecule has 1 aromatic carbocycles. The molecule has 0 spiro atoms. The van der Waals surface area contributed by atoms with Crippen LogP contribution in [0.3, 0.4) is 0 Å². The number of unbranched alkanes of at least 4 members (excludes halogenated alkanes) is 1. The van der Waals surface area contributed by atoms with E-state index >= 15 is 0 Å². The fourth-order valence-corrected chi connectivity index (χ4v) is 3.20. The number of aryl methyl sites for hydroxylation is 1. The van der Waals surface area contributed by atoms with Gasteiger partial charge in [-0.2, -0.15) is 5.10 Å². The van der Waals surface area contributed by atoms with Crippen molar-refractivity contribution >= 4 is 5.97 Å². The second kappa shape index (κ2) is 9.45. The molecule has 2 aromatic heterocycles. The van der Waals surface area contributed by atoms with Crippen LogP contribution < -0.4 is 0 Å². The topological polar surface area (TPSA) is 80.9 Å². The average molecular weight is 393 g/mol. The standard InChI is InChI=1S/C23H28N4O2/c1-4-6-9-20-25-22(16(3)5-2)26-27(20)15-17-10-12-18(13-11-17)19-8-7-14-24-21(19)23(28)29/h7-8,10-14,16H,4-6,9,15H2,1-3H3,(H,28,29). The minimum absolute atomic E-state index is 0.0663. The summed E-state index contributed by atoms with van der Waals surface area (Å²) in [6, 6.07) is 11.4. The van der Waals surface area contributed by atoms with Gasteiger partial charge in [0.15, 0.2) is 11.5 Å². The van der Waals surface area contributed by atoms with E-state index < -0.39 is 5.97 Å². The monoisotopic (exact) mass is 392 g/mol. The molecule has 0 fully saturated rings. The molecule has 0 aliphatic rings. The van der Waals surface area contributed by atoms with Gasteiger partial charge >= 0.3 is 5.97 Å². The highest BCUT2D eigenvalue weighted by Gasteiger charge is 2.15. The van der Waals surface area contributed by atoms with Crippen molar-refractivity contribution in [1.82, 2.24) is 19.7 Å². The van der Waals surface area contributed by atoms with Crippen LogP contribution in [-0.4, -0.2) is 30.8 Å². The number of hydrogen-bond acceptors (Lipinski definition) is 4. The molecule has 6 nitrogen and oxygen atoms in total. The minimum Gasteiger partial charge on any atom is -0.476 e. The summed E-state index contributed by atoms with van der Waals surface area (Å²) in [5.74, 6) is 1.27. The lowest BCUT2D eigenvalue weighted by molar-refractivity contribution is 0.0691. The zero-order valence-electron chi connectivity index (χ0n) is 17.3. The quantitative estimate of drug-likeness (QED) is 0.558. The molecule has 0 radical (unpaired) electrons. The van der Waals surface area contributed by atoms with Crippen molar-refractivity contribution in [3.63, 3.8) is 0 Å². The first-order valence-corrected chi connectivity index (χ1v) is 10.2. The summed E-state index contributed by atoms with van der Waals surface area (Å²) in [7, 11) is 0. The maximum atomic E-state index is 11.4. The first-order valence-electron chi connectivity index (χ1n) is 10.2. The summed E-state index contributed by atoms with van der Waals surface area (Å²) >= 11 is 0. The van der Waals surface area contributed by atoms with Gasteiger partial charge in [0.05, 0.1) is 6.54 Å². The Morgan fingerprint density at radius 3 is 2.59 bits per heavy atom. The Morgan fingerprint density at radius 2 is 1.93 bits per heavy atom. The van der Waals surface area contributed by atoms with Gasteiger partial charge in [0, 0.05) is 24.1 Å². The zero-order chi connectivity index (χ0) is 20.8. The first kappa shape index (κ1) is 20.7. The van der Waals surface area contributed by atoms with Crippen molar-refractivity contribution in [3.8, 4) is 11.1 Å². The van der Waals surface area contributed by atoms with Crippen molar-refractivity contribution in [2.24, 2.45) is 0 Å². The summed E-state index contributed by atoms with van der Waals surface area (Å²) in [5.41, 5.74) is 2.63. The van der Waals surface area contributed by atoms with E-state index in [9.17, 15) is 9.90 Å². The third-order valence-corrected chi connectivity index (χ3v) is 5.18. The van der Waals surface area contributed by atoms with E-state index in [0.717, 1.165) is 48.5 Å². The largest absolute Gasteiger partial charge is 0.476 e. The molecule has 3 rings (SSSR count). The van der Waals surface area contributed by atoms with Crippen LogP contribution in [0.4, 0.5) is 0 Å². The highest BCUT2D eigenvalue weighted by Crippen LogP contribution is 2.23. The van der Waals surface area contributed by atoms with Crippen molar-refractivity contribution in [3.05, 3.63) is 65.5 Å². The molecular weight excluding hydrogens is 364 g/mol. The molecule has 6 heteroatoms. The molecule has 2 heterocycles. The van der Waals surface area contributed by atoms with E-state index in [1.54, 1.807) is 12.1 Å². The Bertz CT molecular complexity index is 963. The normalized spacial score (nSPS) is 12.1. The summed E-state index contributed by atoms with van der Waals surface area (Å²) in [4.78, 5) is 20.2. The predicted octanol–water partition coefficient (Wildman–Crippen LogP) is 4.94. The molecule has 152 valence electrons. The molecule has 0 saturated carbocycles.